The third-order valence-electron chi connectivity index (χ3n) is 13.3. The molecule has 214 valence electrons. The number of hydrogen-bond donors (Lipinski definition) is 2. The van der Waals surface area contributed by atoms with Crippen LogP contribution in [0.4, 0.5) is 10.5 Å². The lowest BCUT2D eigenvalue weighted by molar-refractivity contribution is -0.273. The summed E-state index contributed by atoms with van der Waals surface area (Å²) in [5.74, 6) is 4.65. The molecule has 1 aromatic carbocycles. The van der Waals surface area contributed by atoms with Crippen LogP contribution in [0.2, 0.25) is 0 Å². The average Bonchev–Trinajstić information content (AvgIpc) is 3.36. The summed E-state index contributed by atoms with van der Waals surface area (Å²) < 4.78 is 13.5. The molecule has 4 saturated carbocycles. The van der Waals surface area contributed by atoms with Gasteiger partial charge >= 0.3 is 6.03 Å². The molecule has 0 bridgehead atoms. The maximum absolute atomic E-state index is 12.7. The van der Waals surface area contributed by atoms with E-state index in [0.29, 0.717) is 34.7 Å². The van der Waals surface area contributed by atoms with Crippen LogP contribution in [-0.4, -0.2) is 30.6 Å². The van der Waals surface area contributed by atoms with Gasteiger partial charge in [-0.25, -0.2) is 4.79 Å². The SMILES string of the molecule is C[C@H]1CC[C@@]2(OC1)O[C@H]1C[C@H]3[C@@H]4CC[C@@H]5C[C@H](NC(=O)Nc6ccccc6)CC[C@]5(C)[C@H]4CC[C@]3(C)[C@H]1[C@@H]2C. The third-order valence-corrected chi connectivity index (χ3v) is 13.3. The van der Waals surface area contributed by atoms with Crippen LogP contribution in [0.15, 0.2) is 30.3 Å². The standard InChI is InChI=1S/C34H50N2O3/c1-21-12-17-34(38-20-21)22(2)30-29(39-34)19-28-26-11-10-23-18-25(36-31(37)35-24-8-6-5-7-9-24)13-15-32(23,3)27(26)14-16-33(28,30)4/h5-9,21-23,25-30H,10-20H2,1-4H3,(H2,35,36,37)/t21-,22-,23+,25+,26+,27-,28-,29-,30-,32-,33-,34+/m0/s1. The van der Waals surface area contributed by atoms with Gasteiger partial charge in [-0.15, -0.1) is 0 Å². The molecular weight excluding hydrogens is 484 g/mol. The Morgan fingerprint density at radius 3 is 2.46 bits per heavy atom. The number of hydrogen-bond acceptors (Lipinski definition) is 3. The van der Waals surface area contributed by atoms with Gasteiger partial charge in [-0.05, 0) is 116 Å². The summed E-state index contributed by atoms with van der Waals surface area (Å²) in [6, 6.07) is 10.0. The first kappa shape index (κ1) is 26.3. The van der Waals surface area contributed by atoms with Gasteiger partial charge in [0, 0.05) is 24.1 Å². The smallest absolute Gasteiger partial charge is 0.319 e. The number of carbonyl (C=O) groups excluding carboxylic acids is 1. The van der Waals surface area contributed by atoms with Crippen LogP contribution in [0.3, 0.4) is 0 Å². The largest absolute Gasteiger partial charge is 0.349 e. The second kappa shape index (κ2) is 9.48. The Bertz CT molecular complexity index is 1070. The van der Waals surface area contributed by atoms with Crippen LogP contribution in [-0.2, 0) is 9.47 Å². The Labute approximate surface area is 235 Å². The molecule has 12 atom stereocenters. The van der Waals surface area contributed by atoms with Crippen LogP contribution in [0.25, 0.3) is 0 Å². The fraction of sp³-hybridized carbons (Fsp3) is 0.794. The van der Waals surface area contributed by atoms with Crippen molar-refractivity contribution in [3.63, 3.8) is 0 Å². The van der Waals surface area contributed by atoms with Gasteiger partial charge in [0.05, 0.1) is 12.7 Å². The lowest BCUT2D eigenvalue weighted by atomic mass is 9.44. The van der Waals surface area contributed by atoms with E-state index in [1.165, 1.54) is 44.9 Å². The number of ether oxygens (including phenoxy) is 2. The van der Waals surface area contributed by atoms with Crippen molar-refractivity contribution in [2.24, 2.45) is 52.3 Å². The van der Waals surface area contributed by atoms with Gasteiger partial charge in [0.15, 0.2) is 5.79 Å². The van der Waals surface area contributed by atoms with Crippen molar-refractivity contribution < 1.29 is 14.3 Å². The highest BCUT2D eigenvalue weighted by molar-refractivity contribution is 5.89. The van der Waals surface area contributed by atoms with E-state index in [1.54, 1.807) is 0 Å². The zero-order valence-corrected chi connectivity index (χ0v) is 24.6. The number of amides is 2. The highest BCUT2D eigenvalue weighted by Gasteiger charge is 2.69. The number of rotatable bonds is 2. The zero-order chi connectivity index (χ0) is 27.0. The Kier molecular flexibility index (Phi) is 6.39. The third kappa shape index (κ3) is 4.11. The molecule has 2 amide bonds. The predicted octanol–water partition coefficient (Wildman–Crippen LogP) is 7.62. The van der Waals surface area contributed by atoms with Crippen LogP contribution >= 0.6 is 0 Å². The van der Waals surface area contributed by atoms with Crippen LogP contribution in [0.5, 0.6) is 0 Å². The molecular formula is C34H50N2O3. The van der Waals surface area contributed by atoms with E-state index in [-0.39, 0.29) is 17.9 Å². The number of anilines is 1. The van der Waals surface area contributed by atoms with E-state index in [2.05, 4.69) is 38.3 Å². The van der Waals surface area contributed by atoms with Crippen molar-refractivity contribution in [2.75, 3.05) is 11.9 Å². The number of urea groups is 1. The normalized spacial score (nSPS) is 50.4. The number of fused-ring (bicyclic) bond motifs is 7. The molecule has 2 saturated heterocycles. The Morgan fingerprint density at radius 1 is 0.897 bits per heavy atom. The number of carbonyl (C=O) groups is 1. The quantitative estimate of drug-likeness (QED) is 0.410. The maximum atomic E-state index is 12.7. The summed E-state index contributed by atoms with van der Waals surface area (Å²) in [6.07, 6.45) is 12.8. The van der Waals surface area contributed by atoms with Crippen LogP contribution < -0.4 is 10.6 Å². The summed E-state index contributed by atoms with van der Waals surface area (Å²) in [5, 5.41) is 6.34. The molecule has 6 fully saturated rings. The van der Waals surface area contributed by atoms with Crippen molar-refractivity contribution >= 4 is 11.7 Å². The summed E-state index contributed by atoms with van der Waals surface area (Å²) in [5.41, 5.74) is 1.65. The summed E-state index contributed by atoms with van der Waals surface area (Å²) in [7, 11) is 0. The monoisotopic (exact) mass is 534 g/mol. The van der Waals surface area contributed by atoms with E-state index in [1.807, 2.05) is 30.3 Å². The molecule has 7 rings (SSSR count). The van der Waals surface area contributed by atoms with E-state index in [0.717, 1.165) is 55.2 Å². The first-order chi connectivity index (χ1) is 18.7. The van der Waals surface area contributed by atoms with Gasteiger partial charge in [-0.3, -0.25) is 0 Å². The van der Waals surface area contributed by atoms with Gasteiger partial charge in [-0.1, -0.05) is 45.9 Å². The summed E-state index contributed by atoms with van der Waals surface area (Å²) in [4.78, 5) is 12.7. The molecule has 2 aliphatic heterocycles. The molecule has 5 nitrogen and oxygen atoms in total. The van der Waals surface area contributed by atoms with E-state index in [4.69, 9.17) is 9.47 Å². The maximum Gasteiger partial charge on any atom is 0.319 e. The fourth-order valence-corrected chi connectivity index (χ4v) is 11.3. The number of nitrogens with one attached hydrogen (secondary N) is 2. The van der Waals surface area contributed by atoms with Gasteiger partial charge in [0.25, 0.3) is 0 Å². The molecule has 2 N–H and O–H groups in total. The van der Waals surface area contributed by atoms with Crippen LogP contribution in [0.1, 0.15) is 91.9 Å². The van der Waals surface area contributed by atoms with Gasteiger partial charge in [0.1, 0.15) is 0 Å². The first-order valence-corrected chi connectivity index (χ1v) is 16.2. The first-order valence-electron chi connectivity index (χ1n) is 16.2. The molecule has 6 aliphatic rings. The topological polar surface area (TPSA) is 59.6 Å². The van der Waals surface area contributed by atoms with Gasteiger partial charge in [-0.2, -0.15) is 0 Å². The minimum absolute atomic E-state index is 0.0577. The van der Waals surface area contributed by atoms with Gasteiger partial charge in [0.2, 0.25) is 0 Å². The second-order valence-electron chi connectivity index (χ2n) is 15.1. The average molecular weight is 535 g/mol. The molecule has 2 heterocycles. The molecule has 0 unspecified atom stereocenters. The van der Waals surface area contributed by atoms with E-state index < -0.39 is 0 Å². The van der Waals surface area contributed by atoms with Crippen molar-refractivity contribution in [3.8, 4) is 0 Å². The lowest BCUT2D eigenvalue weighted by Crippen LogP contribution is -2.56. The molecule has 0 aromatic heterocycles. The highest BCUT2D eigenvalue weighted by Crippen LogP contribution is 2.71. The zero-order valence-electron chi connectivity index (χ0n) is 24.6. The van der Waals surface area contributed by atoms with Crippen molar-refractivity contribution in [1.29, 1.82) is 0 Å². The minimum atomic E-state index is -0.311. The Balaban J connectivity index is 1.02. The fourth-order valence-electron chi connectivity index (χ4n) is 11.3. The Morgan fingerprint density at radius 2 is 1.69 bits per heavy atom. The van der Waals surface area contributed by atoms with Gasteiger partial charge < -0.3 is 20.1 Å². The number of para-hydroxylation sites is 1. The van der Waals surface area contributed by atoms with Crippen molar-refractivity contribution in [2.45, 2.75) is 110 Å². The molecule has 0 radical (unpaired) electrons. The Hall–Kier alpha value is -1.59. The van der Waals surface area contributed by atoms with Crippen LogP contribution in [0, 0.1) is 52.3 Å². The minimum Gasteiger partial charge on any atom is -0.349 e. The van der Waals surface area contributed by atoms with Crippen molar-refractivity contribution in [3.05, 3.63) is 30.3 Å². The molecule has 5 heteroatoms. The van der Waals surface area contributed by atoms with E-state index >= 15 is 0 Å². The number of benzene rings is 1. The molecule has 4 aliphatic carbocycles. The lowest BCUT2D eigenvalue weighted by Gasteiger charge is -2.61. The highest BCUT2D eigenvalue weighted by atomic mass is 16.7. The predicted molar refractivity (Wildman–Crippen MR) is 154 cm³/mol. The summed E-state index contributed by atoms with van der Waals surface area (Å²) >= 11 is 0. The molecule has 39 heavy (non-hydrogen) atoms. The van der Waals surface area contributed by atoms with E-state index in [9.17, 15) is 4.79 Å². The molecule has 1 aromatic rings. The van der Waals surface area contributed by atoms with Crippen molar-refractivity contribution in [1.82, 2.24) is 5.32 Å². The molecule has 1 spiro atoms. The second-order valence-corrected chi connectivity index (χ2v) is 15.1. The summed E-state index contributed by atoms with van der Waals surface area (Å²) in [6.45, 7) is 10.9.